The number of phenolic OH excluding ortho intramolecular Hbond substituents is 1. The van der Waals surface area contributed by atoms with E-state index in [2.05, 4.69) is 9.80 Å². The molecule has 3 aliphatic carbocycles. The molecule has 0 bridgehead atoms. The molecule has 1 aliphatic heterocycles. The van der Waals surface area contributed by atoms with E-state index in [0.29, 0.717) is 23.4 Å². The van der Waals surface area contributed by atoms with Gasteiger partial charge in [-0.1, -0.05) is 0 Å². The van der Waals surface area contributed by atoms with Crippen molar-refractivity contribution in [3.63, 3.8) is 0 Å². The Labute approximate surface area is 282 Å². The first-order valence-electron chi connectivity index (χ1n) is 16.3. The Morgan fingerprint density at radius 2 is 1.71 bits per heavy atom. The number of phenols is 1. The van der Waals surface area contributed by atoms with Crippen LogP contribution >= 0.6 is 11.3 Å². The maximum absolute atomic E-state index is 14.4. The van der Waals surface area contributed by atoms with Crippen molar-refractivity contribution in [1.29, 1.82) is 0 Å². The fraction of sp³-hybridized carbons (Fsp3) is 0.559. The second kappa shape index (κ2) is 12.7. The predicted octanol–water partition coefficient (Wildman–Crippen LogP) is -0.229. The zero-order chi connectivity index (χ0) is 34.8. The molecule has 48 heavy (non-hydrogen) atoms. The number of benzene rings is 1. The molecule has 1 aromatic heterocycles. The van der Waals surface area contributed by atoms with Crippen molar-refractivity contribution >= 4 is 46.1 Å². The molecule has 2 aromatic rings. The number of nitrogens with two attached hydrogens (primary N) is 1. The van der Waals surface area contributed by atoms with Crippen molar-refractivity contribution in [2.75, 3.05) is 72.4 Å². The number of likely N-dealkylation sites (N-methyl/N-ethyl adjacent to an activating group) is 1. The number of hydrogen-bond acceptors (Lipinski definition) is 13. The summed E-state index contributed by atoms with van der Waals surface area (Å²) in [5, 5.41) is 32.9. The lowest BCUT2D eigenvalue weighted by atomic mass is 9.52. The molecule has 6 rings (SSSR count). The Balaban J connectivity index is 1.36. The minimum atomic E-state index is -2.76. The minimum Gasteiger partial charge on any atom is -0.506 e. The summed E-state index contributed by atoms with van der Waals surface area (Å²) in [7, 11) is 6.79. The van der Waals surface area contributed by atoms with Crippen molar-refractivity contribution in [2.24, 2.45) is 29.4 Å². The Morgan fingerprint density at radius 1 is 1.04 bits per heavy atom. The standard InChI is InChI=1S/C34H43N5O8S/c1-36(2)22-15-20(23-6-5-18(48-23)16-39-9-7-38(8-10-39)11-12-40)28(41)25-19(22)13-17-14-21-27(37(3)4)30(43)26(33(35)46)32(45)34(21,47)31(44)24(17)29(25)42/h5-6,15,17,21,24,26-27,40-41,47H,7-14,16H2,1-4H3,(H2,35,46)/t17-,21-,24?,26?,27-,34-/m0/s1. The van der Waals surface area contributed by atoms with E-state index in [0.717, 1.165) is 42.5 Å². The molecule has 0 radical (unpaired) electrons. The van der Waals surface area contributed by atoms with Crippen molar-refractivity contribution in [3.05, 3.63) is 34.2 Å². The highest BCUT2D eigenvalue weighted by Crippen LogP contribution is 2.53. The lowest BCUT2D eigenvalue weighted by Gasteiger charge is -2.52. The SMILES string of the molecule is CN(C)c1cc(-c2ccc(CN3CCN(CCO)CC3)s2)c(O)c2c1C[C@H]1C[C@H]3[C@H](N(C)C)C(=O)C(C(N)=O)C(=O)[C@@]3(O)C(=O)C1C2=O. The molecule has 258 valence electrons. The number of aliphatic hydroxyl groups excluding tert-OH is 1. The second-order valence-corrected chi connectivity index (χ2v) is 15.1. The lowest BCUT2D eigenvalue weighted by molar-refractivity contribution is -0.181. The predicted molar refractivity (Wildman–Crippen MR) is 178 cm³/mol. The number of primary amides is 1. The summed E-state index contributed by atoms with van der Waals surface area (Å²) in [4.78, 5) is 77.5. The Morgan fingerprint density at radius 3 is 2.31 bits per heavy atom. The maximum Gasteiger partial charge on any atom is 0.235 e. The van der Waals surface area contributed by atoms with Gasteiger partial charge in [0.15, 0.2) is 34.7 Å². The molecule has 3 fully saturated rings. The topological polar surface area (TPSA) is 185 Å². The summed E-state index contributed by atoms with van der Waals surface area (Å²) in [6.45, 7) is 5.00. The number of Topliss-reactive ketones (excluding diaryl/α,β-unsaturated/α-hetero) is 4. The zero-order valence-electron chi connectivity index (χ0n) is 27.6. The summed E-state index contributed by atoms with van der Waals surface area (Å²) < 4.78 is 0. The number of β-amino-alcohol motifs (C(OH)–C–C–N with tert-alkyl or cyclic N) is 1. The molecule has 2 heterocycles. The van der Waals surface area contributed by atoms with Crippen LogP contribution in [0.2, 0.25) is 0 Å². The number of amides is 1. The van der Waals surface area contributed by atoms with Crippen LogP contribution in [0.5, 0.6) is 5.75 Å². The summed E-state index contributed by atoms with van der Waals surface area (Å²) in [6.07, 6.45) is 0.201. The van der Waals surface area contributed by atoms with Gasteiger partial charge < -0.3 is 26.0 Å². The Bertz CT molecular complexity index is 1680. The van der Waals surface area contributed by atoms with Gasteiger partial charge in [0, 0.05) is 80.3 Å². The van der Waals surface area contributed by atoms with Gasteiger partial charge in [-0.15, -0.1) is 11.3 Å². The van der Waals surface area contributed by atoms with E-state index in [1.54, 1.807) is 14.1 Å². The van der Waals surface area contributed by atoms with Crippen LogP contribution in [-0.4, -0.2) is 138 Å². The number of hydrogen-bond donors (Lipinski definition) is 4. The molecule has 1 amide bonds. The van der Waals surface area contributed by atoms with Gasteiger partial charge in [-0.25, -0.2) is 0 Å². The quantitative estimate of drug-likeness (QED) is 0.269. The van der Waals surface area contributed by atoms with Gasteiger partial charge in [0.2, 0.25) is 5.91 Å². The van der Waals surface area contributed by atoms with Gasteiger partial charge >= 0.3 is 0 Å². The molecule has 5 N–H and O–H groups in total. The highest BCUT2D eigenvalue weighted by molar-refractivity contribution is 7.15. The average Bonchev–Trinajstić information content (AvgIpc) is 3.47. The zero-order valence-corrected chi connectivity index (χ0v) is 28.5. The molecule has 13 nitrogen and oxygen atoms in total. The molecule has 2 unspecified atom stereocenters. The van der Waals surface area contributed by atoms with Gasteiger partial charge in [-0.3, -0.25) is 38.7 Å². The maximum atomic E-state index is 14.4. The third-order valence-corrected chi connectivity index (χ3v) is 11.8. The summed E-state index contributed by atoms with van der Waals surface area (Å²) in [5.74, 6) is -10.6. The first-order chi connectivity index (χ1) is 22.7. The summed E-state index contributed by atoms with van der Waals surface area (Å²) in [6, 6.07) is 4.60. The number of piperazine rings is 1. The van der Waals surface area contributed by atoms with Crippen LogP contribution in [0.4, 0.5) is 5.69 Å². The molecule has 1 aromatic carbocycles. The van der Waals surface area contributed by atoms with E-state index >= 15 is 0 Å². The number of aliphatic hydroxyl groups is 2. The third-order valence-electron chi connectivity index (χ3n) is 10.7. The first kappa shape index (κ1) is 34.3. The van der Waals surface area contributed by atoms with Crippen LogP contribution in [0.15, 0.2) is 18.2 Å². The fourth-order valence-corrected chi connectivity index (χ4v) is 9.45. The number of carbonyl (C=O) groups is 5. The smallest absolute Gasteiger partial charge is 0.235 e. The summed E-state index contributed by atoms with van der Waals surface area (Å²) >= 11 is 1.50. The van der Waals surface area contributed by atoms with E-state index in [9.17, 15) is 39.3 Å². The van der Waals surface area contributed by atoms with E-state index in [4.69, 9.17) is 5.73 Å². The number of thiophene rings is 1. The number of carbonyl (C=O) groups excluding carboxylic acids is 5. The first-order valence-corrected chi connectivity index (χ1v) is 17.1. The van der Waals surface area contributed by atoms with Crippen LogP contribution in [-0.2, 0) is 32.1 Å². The van der Waals surface area contributed by atoms with Crippen LogP contribution in [0.3, 0.4) is 0 Å². The molecule has 14 heteroatoms. The van der Waals surface area contributed by atoms with Gasteiger partial charge in [0.05, 0.1) is 24.1 Å². The van der Waals surface area contributed by atoms with Crippen LogP contribution < -0.4 is 10.6 Å². The van der Waals surface area contributed by atoms with E-state index in [1.165, 1.54) is 16.2 Å². The molecular weight excluding hydrogens is 638 g/mol. The molecule has 2 saturated carbocycles. The largest absolute Gasteiger partial charge is 0.506 e. The van der Waals surface area contributed by atoms with Crippen LogP contribution in [0.25, 0.3) is 10.4 Å². The molecule has 4 aliphatic rings. The number of rotatable bonds is 8. The second-order valence-electron chi connectivity index (χ2n) is 13.9. The van der Waals surface area contributed by atoms with E-state index in [-0.39, 0.29) is 30.8 Å². The highest BCUT2D eigenvalue weighted by atomic mass is 32.1. The van der Waals surface area contributed by atoms with Gasteiger partial charge in [0.25, 0.3) is 0 Å². The molecule has 6 atom stereocenters. The normalized spacial score (nSPS) is 29.5. The van der Waals surface area contributed by atoms with Crippen molar-refractivity contribution < 1.29 is 39.3 Å². The number of anilines is 1. The minimum absolute atomic E-state index is 0.00181. The van der Waals surface area contributed by atoms with Crippen molar-refractivity contribution in [2.45, 2.75) is 31.0 Å². The summed E-state index contributed by atoms with van der Waals surface area (Å²) in [5.41, 5.74) is 4.35. The number of nitrogens with zero attached hydrogens (tertiary/aromatic N) is 4. The number of aromatic hydroxyl groups is 1. The molecular formula is C34H43N5O8S. The van der Waals surface area contributed by atoms with Crippen LogP contribution in [0, 0.1) is 23.7 Å². The van der Waals surface area contributed by atoms with Crippen molar-refractivity contribution in [1.82, 2.24) is 14.7 Å². The van der Waals surface area contributed by atoms with Gasteiger partial charge in [-0.05, 0) is 56.6 Å². The number of fused-ring (bicyclic) bond motifs is 3. The highest BCUT2D eigenvalue weighted by Gasteiger charge is 2.69. The van der Waals surface area contributed by atoms with Gasteiger partial charge in [-0.2, -0.15) is 0 Å². The third kappa shape index (κ3) is 5.38. The Kier molecular flexibility index (Phi) is 9.11. The Hall–Kier alpha value is -3.53. The van der Waals surface area contributed by atoms with Gasteiger partial charge in [0.1, 0.15) is 5.75 Å². The number of ketones is 4. The van der Waals surface area contributed by atoms with Crippen LogP contribution in [0.1, 0.15) is 27.2 Å². The van der Waals surface area contributed by atoms with E-state index in [1.807, 2.05) is 37.2 Å². The molecule has 1 saturated heterocycles. The monoisotopic (exact) mass is 681 g/mol. The van der Waals surface area contributed by atoms with Crippen molar-refractivity contribution in [3.8, 4) is 16.2 Å². The van der Waals surface area contributed by atoms with E-state index < -0.39 is 64.4 Å². The molecule has 0 spiro atoms. The fourth-order valence-electron chi connectivity index (χ4n) is 8.38. The average molecular weight is 682 g/mol. The lowest BCUT2D eigenvalue weighted by Crippen LogP contribution is -2.74.